The van der Waals surface area contributed by atoms with Crippen LogP contribution in [0.3, 0.4) is 0 Å². The van der Waals surface area contributed by atoms with E-state index in [1.54, 1.807) is 6.92 Å². The molecule has 1 amide bonds. The monoisotopic (exact) mass is 375 g/mol. The Labute approximate surface area is 155 Å². The maximum absolute atomic E-state index is 12.0. The number of carbonyl (C=O) groups excluding carboxylic acids is 1. The van der Waals surface area contributed by atoms with E-state index >= 15 is 0 Å². The van der Waals surface area contributed by atoms with Crippen LogP contribution in [-0.4, -0.2) is 23.1 Å². The standard InChI is InChI=1S/C18H21N3O4S/c1-11(2)15-6-5-12(3)7-16(15)25-9-18(22)20-19-13(4)17-8-14(10-26-17)21(23)24/h5-8,10-11H,9H2,1-4H3,(H,20,22). The second kappa shape index (κ2) is 8.57. The summed E-state index contributed by atoms with van der Waals surface area (Å²) in [5, 5.41) is 16.1. The number of benzene rings is 1. The van der Waals surface area contributed by atoms with Crippen LogP contribution in [0.4, 0.5) is 5.69 Å². The first-order chi connectivity index (χ1) is 12.3. The average Bonchev–Trinajstić information content (AvgIpc) is 3.08. The molecule has 0 aliphatic heterocycles. The topological polar surface area (TPSA) is 93.8 Å². The molecule has 1 heterocycles. The van der Waals surface area contributed by atoms with E-state index in [2.05, 4.69) is 24.4 Å². The molecule has 1 aromatic heterocycles. The molecule has 0 radical (unpaired) electrons. The van der Waals surface area contributed by atoms with Crippen LogP contribution in [0.15, 0.2) is 34.7 Å². The summed E-state index contributed by atoms with van der Waals surface area (Å²) in [4.78, 5) is 22.9. The Bertz CT molecular complexity index is 843. The summed E-state index contributed by atoms with van der Waals surface area (Å²) in [6, 6.07) is 7.34. The highest BCUT2D eigenvalue weighted by Crippen LogP contribution is 2.27. The zero-order valence-corrected chi connectivity index (χ0v) is 15.9. The van der Waals surface area contributed by atoms with Crippen LogP contribution in [0.25, 0.3) is 0 Å². The third-order valence-corrected chi connectivity index (χ3v) is 4.68. The van der Waals surface area contributed by atoms with Crippen molar-refractivity contribution >= 4 is 28.6 Å². The van der Waals surface area contributed by atoms with Gasteiger partial charge in [-0.15, -0.1) is 11.3 Å². The van der Waals surface area contributed by atoms with E-state index in [0.717, 1.165) is 11.1 Å². The summed E-state index contributed by atoms with van der Waals surface area (Å²) in [5.74, 6) is 0.569. The summed E-state index contributed by atoms with van der Waals surface area (Å²) >= 11 is 1.20. The van der Waals surface area contributed by atoms with Gasteiger partial charge in [0.15, 0.2) is 6.61 Å². The normalized spacial score (nSPS) is 11.5. The van der Waals surface area contributed by atoms with Crippen molar-refractivity contribution in [3.63, 3.8) is 0 Å². The fourth-order valence-electron chi connectivity index (χ4n) is 2.23. The number of hydrogen-bond acceptors (Lipinski definition) is 6. The molecule has 26 heavy (non-hydrogen) atoms. The molecule has 0 bridgehead atoms. The molecule has 0 atom stereocenters. The smallest absolute Gasteiger partial charge is 0.280 e. The second-order valence-electron chi connectivity index (χ2n) is 6.14. The van der Waals surface area contributed by atoms with Gasteiger partial charge in [0.1, 0.15) is 5.75 Å². The lowest BCUT2D eigenvalue weighted by molar-refractivity contribution is -0.384. The van der Waals surface area contributed by atoms with Crippen LogP contribution in [0.1, 0.15) is 42.7 Å². The Morgan fingerprint density at radius 2 is 2.12 bits per heavy atom. The number of nitrogens with zero attached hydrogens (tertiary/aromatic N) is 2. The Morgan fingerprint density at radius 3 is 2.73 bits per heavy atom. The maximum Gasteiger partial charge on any atom is 0.280 e. The Balaban J connectivity index is 1.96. The third-order valence-electron chi connectivity index (χ3n) is 3.65. The summed E-state index contributed by atoms with van der Waals surface area (Å²) in [6.07, 6.45) is 0. The third kappa shape index (κ3) is 5.13. The molecule has 0 spiro atoms. The van der Waals surface area contributed by atoms with Crippen LogP contribution < -0.4 is 10.2 Å². The largest absolute Gasteiger partial charge is 0.483 e. The number of nitro groups is 1. The number of carbonyl (C=O) groups is 1. The van der Waals surface area contributed by atoms with Crippen molar-refractivity contribution in [2.45, 2.75) is 33.6 Å². The Hall–Kier alpha value is -2.74. The molecule has 0 aliphatic rings. The van der Waals surface area contributed by atoms with Crippen molar-refractivity contribution in [1.82, 2.24) is 5.43 Å². The predicted molar refractivity (Wildman–Crippen MR) is 102 cm³/mol. The zero-order valence-electron chi connectivity index (χ0n) is 15.1. The number of nitrogens with one attached hydrogen (secondary N) is 1. The van der Waals surface area contributed by atoms with Gasteiger partial charge in [-0.05, 0) is 37.0 Å². The van der Waals surface area contributed by atoms with Crippen LogP contribution in [0, 0.1) is 17.0 Å². The highest BCUT2D eigenvalue weighted by Gasteiger charge is 2.12. The van der Waals surface area contributed by atoms with E-state index in [-0.39, 0.29) is 18.2 Å². The molecule has 8 heteroatoms. The molecule has 0 saturated carbocycles. The van der Waals surface area contributed by atoms with Gasteiger partial charge in [-0.3, -0.25) is 14.9 Å². The van der Waals surface area contributed by atoms with E-state index in [0.29, 0.717) is 16.3 Å². The van der Waals surface area contributed by atoms with Gasteiger partial charge in [-0.25, -0.2) is 5.43 Å². The maximum atomic E-state index is 12.0. The second-order valence-corrected chi connectivity index (χ2v) is 7.05. The molecule has 1 aromatic carbocycles. The predicted octanol–water partition coefficient (Wildman–Crippen LogP) is 4.01. The minimum Gasteiger partial charge on any atom is -0.483 e. The van der Waals surface area contributed by atoms with Crippen LogP contribution in [0.2, 0.25) is 0 Å². The number of hydrazone groups is 1. The van der Waals surface area contributed by atoms with Gasteiger partial charge in [0.2, 0.25) is 0 Å². The molecule has 1 N–H and O–H groups in total. The molecular weight excluding hydrogens is 354 g/mol. The molecule has 0 aliphatic carbocycles. The number of thiophene rings is 1. The first-order valence-electron chi connectivity index (χ1n) is 8.07. The molecular formula is C18H21N3O4S. The first kappa shape index (κ1) is 19.6. The van der Waals surface area contributed by atoms with E-state index in [9.17, 15) is 14.9 Å². The summed E-state index contributed by atoms with van der Waals surface area (Å²) in [5.41, 5.74) is 5.01. The minimum absolute atomic E-state index is 0.00914. The summed E-state index contributed by atoms with van der Waals surface area (Å²) < 4.78 is 5.65. The Kier molecular flexibility index (Phi) is 6.46. The molecule has 2 rings (SSSR count). The minimum atomic E-state index is -0.464. The van der Waals surface area contributed by atoms with Crippen LogP contribution in [-0.2, 0) is 4.79 Å². The molecule has 0 unspecified atom stereocenters. The van der Waals surface area contributed by atoms with E-state index in [1.165, 1.54) is 22.8 Å². The van der Waals surface area contributed by atoms with Crippen LogP contribution >= 0.6 is 11.3 Å². The quantitative estimate of drug-likeness (QED) is 0.449. The summed E-state index contributed by atoms with van der Waals surface area (Å²) in [6.45, 7) is 7.60. The summed E-state index contributed by atoms with van der Waals surface area (Å²) in [7, 11) is 0. The number of rotatable bonds is 7. The lowest BCUT2D eigenvalue weighted by Crippen LogP contribution is -2.25. The average molecular weight is 375 g/mol. The van der Waals surface area contributed by atoms with Gasteiger partial charge in [0.05, 0.1) is 20.9 Å². The molecule has 0 saturated heterocycles. The van der Waals surface area contributed by atoms with Crippen LogP contribution in [0.5, 0.6) is 5.75 Å². The fourth-order valence-corrected chi connectivity index (χ4v) is 3.04. The van der Waals surface area contributed by atoms with Crippen molar-refractivity contribution in [1.29, 1.82) is 0 Å². The highest BCUT2D eigenvalue weighted by atomic mass is 32.1. The van der Waals surface area contributed by atoms with Crippen molar-refractivity contribution in [2.24, 2.45) is 5.10 Å². The van der Waals surface area contributed by atoms with Gasteiger partial charge in [-0.1, -0.05) is 26.0 Å². The van der Waals surface area contributed by atoms with E-state index in [1.807, 2.05) is 25.1 Å². The number of aryl methyl sites for hydroxylation is 1. The van der Waals surface area contributed by atoms with E-state index in [4.69, 9.17) is 4.74 Å². The van der Waals surface area contributed by atoms with Crippen molar-refractivity contribution < 1.29 is 14.5 Å². The first-order valence-corrected chi connectivity index (χ1v) is 8.95. The molecule has 2 aromatic rings. The number of ether oxygens (including phenoxy) is 1. The SMILES string of the molecule is CC(=NNC(=O)COc1cc(C)ccc1C(C)C)c1cc([N+](=O)[O-])cs1. The lowest BCUT2D eigenvalue weighted by atomic mass is 10.0. The van der Waals surface area contributed by atoms with Gasteiger partial charge >= 0.3 is 0 Å². The number of hydrogen-bond donors (Lipinski definition) is 1. The van der Waals surface area contributed by atoms with Gasteiger partial charge < -0.3 is 4.74 Å². The number of amides is 1. The van der Waals surface area contributed by atoms with Crippen molar-refractivity contribution in [2.75, 3.05) is 6.61 Å². The highest BCUT2D eigenvalue weighted by molar-refractivity contribution is 7.12. The molecule has 138 valence electrons. The van der Waals surface area contributed by atoms with Crippen molar-refractivity contribution in [3.05, 3.63) is 55.8 Å². The fraction of sp³-hybridized carbons (Fsp3) is 0.333. The van der Waals surface area contributed by atoms with Gasteiger partial charge in [0, 0.05) is 6.07 Å². The zero-order chi connectivity index (χ0) is 19.3. The van der Waals surface area contributed by atoms with Gasteiger partial charge in [0.25, 0.3) is 11.6 Å². The lowest BCUT2D eigenvalue weighted by Gasteiger charge is -2.14. The van der Waals surface area contributed by atoms with E-state index < -0.39 is 10.8 Å². The molecule has 7 nitrogen and oxygen atoms in total. The van der Waals surface area contributed by atoms with Gasteiger partial charge in [-0.2, -0.15) is 5.10 Å². The molecule has 0 fully saturated rings. The van der Waals surface area contributed by atoms with Crippen molar-refractivity contribution in [3.8, 4) is 5.75 Å². The Morgan fingerprint density at radius 1 is 1.38 bits per heavy atom.